The van der Waals surface area contributed by atoms with Crippen LogP contribution in [0.4, 0.5) is 10.8 Å². The minimum Gasteiger partial charge on any atom is -0.452 e. The van der Waals surface area contributed by atoms with Gasteiger partial charge in [-0.1, -0.05) is 30.3 Å². The van der Waals surface area contributed by atoms with E-state index in [1.165, 1.54) is 41.7 Å². The Bertz CT molecular complexity index is 1420. The summed E-state index contributed by atoms with van der Waals surface area (Å²) < 4.78 is 33.1. The number of rotatable bonds is 8. The van der Waals surface area contributed by atoms with Crippen LogP contribution in [0.15, 0.2) is 80.1 Å². The van der Waals surface area contributed by atoms with Gasteiger partial charge >= 0.3 is 5.97 Å². The number of benzene rings is 2. The second kappa shape index (κ2) is 10.5. The van der Waals surface area contributed by atoms with Gasteiger partial charge in [0.1, 0.15) is 4.21 Å². The number of aromatic nitrogens is 1. The van der Waals surface area contributed by atoms with E-state index in [1.807, 2.05) is 35.7 Å². The molecule has 174 valence electrons. The third-order valence-electron chi connectivity index (χ3n) is 4.34. The molecule has 4 rings (SSSR count). The van der Waals surface area contributed by atoms with Crippen LogP contribution in [-0.4, -0.2) is 31.9 Å². The smallest absolute Gasteiger partial charge is 0.338 e. The van der Waals surface area contributed by atoms with E-state index in [1.54, 1.807) is 6.07 Å². The summed E-state index contributed by atoms with van der Waals surface area (Å²) in [5, 5.41) is 4.82. The molecule has 34 heavy (non-hydrogen) atoms. The van der Waals surface area contributed by atoms with E-state index in [-0.39, 0.29) is 15.5 Å². The van der Waals surface area contributed by atoms with Gasteiger partial charge in [-0.05, 0) is 52.3 Å². The number of carbonyl (C=O) groups is 2. The van der Waals surface area contributed by atoms with Crippen molar-refractivity contribution in [2.45, 2.75) is 4.21 Å². The number of halogens is 1. The molecule has 0 bridgehead atoms. The fourth-order valence-electron chi connectivity index (χ4n) is 2.76. The molecule has 0 unspecified atom stereocenters. The molecule has 0 radical (unpaired) electrons. The highest BCUT2D eigenvalue weighted by molar-refractivity contribution is 9.11. The number of amides is 1. The highest BCUT2D eigenvalue weighted by Crippen LogP contribution is 2.28. The molecule has 0 aliphatic carbocycles. The van der Waals surface area contributed by atoms with Crippen LogP contribution >= 0.6 is 38.6 Å². The van der Waals surface area contributed by atoms with Gasteiger partial charge in [-0.3, -0.25) is 14.8 Å². The Morgan fingerprint density at radius 3 is 2.41 bits per heavy atom. The summed E-state index contributed by atoms with van der Waals surface area (Å²) in [5.74, 6) is -1.23. The molecule has 0 saturated carbocycles. The minimum absolute atomic E-state index is 0.157. The second-order valence-corrected chi connectivity index (χ2v) is 12.0. The fraction of sp³-hybridized carbons (Fsp3) is 0.0455. The summed E-state index contributed by atoms with van der Waals surface area (Å²) in [6.07, 6.45) is 0. The number of hydrogen-bond acceptors (Lipinski definition) is 8. The van der Waals surface area contributed by atoms with Crippen LogP contribution in [0.3, 0.4) is 0 Å². The maximum atomic E-state index is 12.4. The zero-order valence-corrected chi connectivity index (χ0v) is 21.3. The number of ether oxygens (including phenoxy) is 1. The van der Waals surface area contributed by atoms with Crippen molar-refractivity contribution in [3.63, 3.8) is 0 Å². The van der Waals surface area contributed by atoms with Gasteiger partial charge in [0.05, 0.1) is 15.0 Å². The molecule has 0 fully saturated rings. The van der Waals surface area contributed by atoms with E-state index in [9.17, 15) is 18.0 Å². The van der Waals surface area contributed by atoms with E-state index in [4.69, 9.17) is 4.74 Å². The predicted octanol–water partition coefficient (Wildman–Crippen LogP) is 5.23. The lowest BCUT2D eigenvalue weighted by Gasteiger charge is -2.08. The van der Waals surface area contributed by atoms with Crippen molar-refractivity contribution in [3.8, 4) is 11.3 Å². The van der Waals surface area contributed by atoms with Gasteiger partial charge in [0, 0.05) is 16.6 Å². The summed E-state index contributed by atoms with van der Waals surface area (Å²) >= 11 is 5.58. The van der Waals surface area contributed by atoms with Gasteiger partial charge < -0.3 is 4.74 Å². The lowest BCUT2D eigenvalue weighted by molar-refractivity contribution is -0.119. The lowest BCUT2D eigenvalue weighted by Crippen LogP contribution is -2.20. The first-order valence-corrected chi connectivity index (χ1v) is 13.6. The van der Waals surface area contributed by atoms with Crippen LogP contribution in [0, 0.1) is 0 Å². The Morgan fingerprint density at radius 1 is 1.00 bits per heavy atom. The van der Waals surface area contributed by atoms with Gasteiger partial charge in [-0.25, -0.2) is 18.2 Å². The third kappa shape index (κ3) is 6.08. The summed E-state index contributed by atoms with van der Waals surface area (Å²) in [4.78, 5) is 28.8. The zero-order chi connectivity index (χ0) is 24.1. The number of nitrogens with zero attached hydrogens (tertiary/aromatic N) is 1. The number of anilines is 2. The predicted molar refractivity (Wildman–Crippen MR) is 136 cm³/mol. The van der Waals surface area contributed by atoms with Gasteiger partial charge in [0.15, 0.2) is 11.7 Å². The van der Waals surface area contributed by atoms with E-state index < -0.39 is 28.5 Å². The van der Waals surface area contributed by atoms with Gasteiger partial charge in [-0.15, -0.1) is 22.7 Å². The maximum absolute atomic E-state index is 12.4. The Hall–Kier alpha value is -3.06. The van der Waals surface area contributed by atoms with Crippen LogP contribution in [0.25, 0.3) is 11.3 Å². The molecule has 0 aliphatic rings. The first-order chi connectivity index (χ1) is 16.3. The molecule has 2 heterocycles. The maximum Gasteiger partial charge on any atom is 0.338 e. The molecule has 2 aromatic carbocycles. The van der Waals surface area contributed by atoms with E-state index in [0.29, 0.717) is 8.92 Å². The molecule has 0 aliphatic heterocycles. The topological polar surface area (TPSA) is 114 Å². The van der Waals surface area contributed by atoms with Crippen molar-refractivity contribution in [3.05, 3.63) is 81.5 Å². The fourth-order valence-corrected chi connectivity index (χ4v) is 6.57. The molecular formula is C22H16BrN3O5S3. The Morgan fingerprint density at radius 2 is 1.74 bits per heavy atom. The SMILES string of the molecule is O=C(COC(=O)c1ccc(NS(=O)(=O)c2ccc(Br)s2)cc1)Nc1nc(-c2ccccc2)cs1. The number of esters is 1. The van der Waals surface area contributed by atoms with E-state index in [0.717, 1.165) is 22.6 Å². The first-order valence-electron chi connectivity index (χ1n) is 9.66. The summed E-state index contributed by atoms with van der Waals surface area (Å²) in [6.45, 7) is -0.485. The molecule has 8 nitrogen and oxygen atoms in total. The van der Waals surface area contributed by atoms with Gasteiger partial charge in [0.25, 0.3) is 15.9 Å². The number of carbonyl (C=O) groups excluding carboxylic acids is 2. The van der Waals surface area contributed by atoms with Crippen LogP contribution in [-0.2, 0) is 19.6 Å². The molecular weight excluding hydrogens is 562 g/mol. The quantitative estimate of drug-likeness (QED) is 0.277. The molecule has 2 aromatic heterocycles. The largest absolute Gasteiger partial charge is 0.452 e. The van der Waals surface area contributed by atoms with Crippen molar-refractivity contribution < 1.29 is 22.7 Å². The molecule has 0 spiro atoms. The number of sulfonamides is 1. The average Bonchev–Trinajstić information content (AvgIpc) is 3.48. The molecule has 0 atom stereocenters. The van der Waals surface area contributed by atoms with Crippen LogP contribution in [0.5, 0.6) is 0 Å². The van der Waals surface area contributed by atoms with Gasteiger partial charge in [-0.2, -0.15) is 0 Å². The highest BCUT2D eigenvalue weighted by Gasteiger charge is 2.17. The number of thiazole rings is 1. The number of hydrogen-bond donors (Lipinski definition) is 2. The molecule has 1 amide bonds. The summed E-state index contributed by atoms with van der Waals surface area (Å²) in [7, 11) is -3.73. The zero-order valence-electron chi connectivity index (χ0n) is 17.2. The number of nitrogens with one attached hydrogen (secondary N) is 2. The standard InChI is InChI=1S/C22H16BrN3O5S3/c23-18-10-11-20(33-18)34(29,30)26-16-8-6-15(7-9-16)21(28)31-12-19(27)25-22-24-17(13-32-22)14-4-2-1-3-5-14/h1-11,13,26H,12H2,(H,24,25,27). The van der Waals surface area contributed by atoms with E-state index in [2.05, 4.69) is 31.0 Å². The number of thiophene rings is 1. The average molecular weight is 578 g/mol. The minimum atomic E-state index is -3.73. The Labute approximate surface area is 211 Å². The second-order valence-electron chi connectivity index (χ2n) is 6.77. The van der Waals surface area contributed by atoms with Crippen molar-refractivity contribution in [2.75, 3.05) is 16.6 Å². The monoisotopic (exact) mass is 577 g/mol. The summed E-state index contributed by atoms with van der Waals surface area (Å²) in [5.41, 5.74) is 2.13. The van der Waals surface area contributed by atoms with Crippen molar-refractivity contribution in [2.24, 2.45) is 0 Å². The third-order valence-corrected chi connectivity index (χ3v) is 8.60. The van der Waals surface area contributed by atoms with Gasteiger partial charge in [0.2, 0.25) is 0 Å². The lowest BCUT2D eigenvalue weighted by atomic mass is 10.2. The molecule has 0 saturated heterocycles. The Balaban J connectivity index is 1.29. The van der Waals surface area contributed by atoms with Crippen LogP contribution in [0.2, 0.25) is 0 Å². The highest BCUT2D eigenvalue weighted by atomic mass is 79.9. The van der Waals surface area contributed by atoms with E-state index >= 15 is 0 Å². The van der Waals surface area contributed by atoms with Crippen LogP contribution < -0.4 is 10.0 Å². The van der Waals surface area contributed by atoms with Crippen LogP contribution in [0.1, 0.15) is 10.4 Å². The summed E-state index contributed by atoms with van der Waals surface area (Å²) in [6, 6.07) is 18.4. The normalized spacial score (nSPS) is 11.1. The van der Waals surface area contributed by atoms with Crippen molar-refractivity contribution in [1.82, 2.24) is 4.98 Å². The van der Waals surface area contributed by atoms with Crippen molar-refractivity contribution >= 4 is 71.3 Å². The molecule has 2 N–H and O–H groups in total. The molecule has 4 aromatic rings. The first kappa shape index (κ1) is 24.1. The Kier molecular flexibility index (Phi) is 7.41. The molecule has 12 heteroatoms. The van der Waals surface area contributed by atoms with Crippen molar-refractivity contribution in [1.29, 1.82) is 0 Å².